The Bertz CT molecular complexity index is 449. The second-order valence-electron chi connectivity index (χ2n) is 5.10. The lowest BCUT2D eigenvalue weighted by Crippen LogP contribution is -2.45. The summed E-state index contributed by atoms with van der Waals surface area (Å²) in [4.78, 5) is 4.43. The molecule has 1 aliphatic heterocycles. The Hall–Kier alpha value is -1.59. The number of nitrogens with one attached hydrogen (secondary N) is 1. The molecule has 1 aromatic carbocycles. The second-order valence-corrected chi connectivity index (χ2v) is 5.10. The Kier molecular flexibility index (Phi) is 4.39. The van der Waals surface area contributed by atoms with E-state index in [0.717, 1.165) is 37.5 Å². The number of anilines is 1. The summed E-state index contributed by atoms with van der Waals surface area (Å²) in [5, 5.41) is 7.48. The standard InChI is InChI=1S/C14H22N4O/c1-17-6-7-19-13(9-17)10-18(2)12-5-3-4-11(8-12)14(15)16/h3-5,8,13H,6-7,9-10H2,1-2H3,(H3,15,16). The van der Waals surface area contributed by atoms with Crippen LogP contribution in [0.1, 0.15) is 5.56 Å². The highest BCUT2D eigenvalue weighted by atomic mass is 16.5. The fourth-order valence-corrected chi connectivity index (χ4v) is 2.30. The minimum absolute atomic E-state index is 0.101. The third-order valence-corrected chi connectivity index (χ3v) is 3.42. The third kappa shape index (κ3) is 3.68. The number of ether oxygens (including phenoxy) is 1. The number of hydrogen-bond acceptors (Lipinski definition) is 4. The van der Waals surface area contributed by atoms with Crippen LogP contribution in [0.4, 0.5) is 5.69 Å². The van der Waals surface area contributed by atoms with Gasteiger partial charge in [-0.1, -0.05) is 12.1 Å². The minimum Gasteiger partial charge on any atom is -0.384 e. The van der Waals surface area contributed by atoms with Crippen LogP contribution in [0.25, 0.3) is 0 Å². The minimum atomic E-state index is 0.101. The van der Waals surface area contributed by atoms with Crippen molar-refractivity contribution in [3.8, 4) is 0 Å². The molecular weight excluding hydrogens is 240 g/mol. The van der Waals surface area contributed by atoms with Gasteiger partial charge in [-0.2, -0.15) is 0 Å². The first-order valence-electron chi connectivity index (χ1n) is 6.52. The fraction of sp³-hybridized carbons (Fsp3) is 0.500. The molecule has 19 heavy (non-hydrogen) atoms. The van der Waals surface area contributed by atoms with Gasteiger partial charge in [-0.05, 0) is 19.2 Å². The molecule has 0 radical (unpaired) electrons. The number of rotatable bonds is 4. The van der Waals surface area contributed by atoms with Gasteiger partial charge in [0.2, 0.25) is 0 Å². The third-order valence-electron chi connectivity index (χ3n) is 3.42. The van der Waals surface area contributed by atoms with Crippen LogP contribution in [-0.4, -0.2) is 57.2 Å². The molecule has 1 aromatic rings. The van der Waals surface area contributed by atoms with Gasteiger partial charge in [0.15, 0.2) is 0 Å². The van der Waals surface area contributed by atoms with E-state index in [1.165, 1.54) is 0 Å². The zero-order chi connectivity index (χ0) is 13.8. The molecule has 1 heterocycles. The van der Waals surface area contributed by atoms with Crippen molar-refractivity contribution in [2.75, 3.05) is 45.2 Å². The summed E-state index contributed by atoms with van der Waals surface area (Å²) >= 11 is 0. The van der Waals surface area contributed by atoms with Gasteiger partial charge in [0.05, 0.1) is 12.7 Å². The number of benzene rings is 1. The molecule has 3 N–H and O–H groups in total. The number of likely N-dealkylation sites (N-methyl/N-ethyl adjacent to an activating group) is 2. The van der Waals surface area contributed by atoms with Crippen LogP contribution in [0.15, 0.2) is 24.3 Å². The van der Waals surface area contributed by atoms with Gasteiger partial charge in [-0.3, -0.25) is 5.41 Å². The Morgan fingerprint density at radius 3 is 3.05 bits per heavy atom. The Labute approximate surface area is 114 Å². The molecule has 0 amide bonds. The summed E-state index contributed by atoms with van der Waals surface area (Å²) in [6.07, 6.45) is 0.227. The zero-order valence-electron chi connectivity index (χ0n) is 11.6. The van der Waals surface area contributed by atoms with Crippen molar-refractivity contribution >= 4 is 11.5 Å². The molecule has 0 bridgehead atoms. The Morgan fingerprint density at radius 1 is 1.58 bits per heavy atom. The molecule has 0 aliphatic carbocycles. The number of amidine groups is 1. The van der Waals surface area contributed by atoms with E-state index < -0.39 is 0 Å². The maximum Gasteiger partial charge on any atom is 0.122 e. The van der Waals surface area contributed by atoms with Gasteiger partial charge in [-0.15, -0.1) is 0 Å². The molecule has 5 heteroatoms. The summed E-state index contributed by atoms with van der Waals surface area (Å²) in [5.41, 5.74) is 7.33. The highest BCUT2D eigenvalue weighted by Gasteiger charge is 2.19. The van der Waals surface area contributed by atoms with Crippen LogP contribution in [0.2, 0.25) is 0 Å². The van der Waals surface area contributed by atoms with Crippen molar-refractivity contribution in [1.29, 1.82) is 5.41 Å². The van der Waals surface area contributed by atoms with E-state index in [1.54, 1.807) is 0 Å². The van der Waals surface area contributed by atoms with Gasteiger partial charge in [0, 0.05) is 37.9 Å². The molecule has 0 aromatic heterocycles. The van der Waals surface area contributed by atoms with Crippen molar-refractivity contribution in [3.05, 3.63) is 29.8 Å². The molecule has 1 unspecified atom stereocenters. The first-order valence-corrected chi connectivity index (χ1v) is 6.52. The van der Waals surface area contributed by atoms with Crippen LogP contribution in [-0.2, 0) is 4.74 Å². The number of nitrogens with two attached hydrogens (primary N) is 1. The zero-order valence-corrected chi connectivity index (χ0v) is 11.6. The highest BCUT2D eigenvalue weighted by molar-refractivity contribution is 5.95. The number of nitrogens with zero attached hydrogens (tertiary/aromatic N) is 2. The van der Waals surface area contributed by atoms with E-state index in [2.05, 4.69) is 16.8 Å². The molecule has 1 fully saturated rings. The molecule has 0 spiro atoms. The summed E-state index contributed by atoms with van der Waals surface area (Å²) in [6, 6.07) is 7.74. The predicted octanol–water partition coefficient (Wildman–Crippen LogP) is 0.737. The molecule has 0 saturated carbocycles. The van der Waals surface area contributed by atoms with E-state index in [1.807, 2.05) is 31.3 Å². The quantitative estimate of drug-likeness (QED) is 0.620. The lowest BCUT2D eigenvalue weighted by molar-refractivity contribution is -0.0143. The van der Waals surface area contributed by atoms with E-state index in [9.17, 15) is 0 Å². The van der Waals surface area contributed by atoms with Crippen LogP contribution in [0, 0.1) is 5.41 Å². The van der Waals surface area contributed by atoms with Gasteiger partial charge < -0.3 is 20.3 Å². The van der Waals surface area contributed by atoms with Gasteiger partial charge in [-0.25, -0.2) is 0 Å². The van der Waals surface area contributed by atoms with Gasteiger partial charge in [0.1, 0.15) is 5.84 Å². The maximum atomic E-state index is 7.48. The summed E-state index contributed by atoms with van der Waals surface area (Å²) in [7, 11) is 4.16. The normalized spacial score (nSPS) is 20.2. The lowest BCUT2D eigenvalue weighted by Gasteiger charge is -2.33. The van der Waals surface area contributed by atoms with Crippen LogP contribution in [0.3, 0.4) is 0 Å². The monoisotopic (exact) mass is 262 g/mol. The molecule has 1 saturated heterocycles. The SMILES string of the molecule is CN1CCOC(CN(C)c2cccc(C(=N)N)c2)C1. The largest absolute Gasteiger partial charge is 0.384 e. The maximum absolute atomic E-state index is 7.48. The van der Waals surface area contributed by atoms with Crippen molar-refractivity contribution in [2.45, 2.75) is 6.10 Å². The van der Waals surface area contributed by atoms with Gasteiger partial charge in [0.25, 0.3) is 0 Å². The Morgan fingerprint density at radius 2 is 2.37 bits per heavy atom. The van der Waals surface area contributed by atoms with E-state index in [-0.39, 0.29) is 11.9 Å². The first kappa shape index (κ1) is 13.8. The average Bonchev–Trinajstić information content (AvgIpc) is 2.39. The molecule has 104 valence electrons. The highest BCUT2D eigenvalue weighted by Crippen LogP contribution is 2.16. The van der Waals surface area contributed by atoms with Crippen molar-refractivity contribution in [2.24, 2.45) is 5.73 Å². The van der Waals surface area contributed by atoms with Gasteiger partial charge >= 0.3 is 0 Å². The average molecular weight is 262 g/mol. The van der Waals surface area contributed by atoms with Crippen molar-refractivity contribution in [1.82, 2.24) is 4.90 Å². The Balaban J connectivity index is 2.01. The van der Waals surface area contributed by atoms with Crippen LogP contribution < -0.4 is 10.6 Å². The number of morpholine rings is 1. The lowest BCUT2D eigenvalue weighted by atomic mass is 10.1. The topological polar surface area (TPSA) is 65.6 Å². The smallest absolute Gasteiger partial charge is 0.122 e. The van der Waals surface area contributed by atoms with E-state index in [0.29, 0.717) is 0 Å². The first-order chi connectivity index (χ1) is 9.06. The molecule has 1 aliphatic rings. The summed E-state index contributed by atoms with van der Waals surface area (Å²) < 4.78 is 5.77. The molecule has 5 nitrogen and oxygen atoms in total. The molecule has 2 rings (SSSR count). The summed E-state index contributed by atoms with van der Waals surface area (Å²) in [6.45, 7) is 3.59. The fourth-order valence-electron chi connectivity index (χ4n) is 2.30. The van der Waals surface area contributed by atoms with Crippen molar-refractivity contribution < 1.29 is 4.74 Å². The van der Waals surface area contributed by atoms with Crippen molar-refractivity contribution in [3.63, 3.8) is 0 Å². The summed E-state index contributed by atoms with van der Waals surface area (Å²) in [5.74, 6) is 0.101. The van der Waals surface area contributed by atoms with E-state index in [4.69, 9.17) is 15.9 Å². The number of nitrogen functional groups attached to an aromatic ring is 1. The van der Waals surface area contributed by atoms with Crippen LogP contribution >= 0.6 is 0 Å². The van der Waals surface area contributed by atoms with E-state index >= 15 is 0 Å². The molecule has 1 atom stereocenters. The molecular formula is C14H22N4O. The predicted molar refractivity (Wildman–Crippen MR) is 78.0 cm³/mol. The number of hydrogen-bond donors (Lipinski definition) is 2. The van der Waals surface area contributed by atoms with Crippen LogP contribution in [0.5, 0.6) is 0 Å². The second kappa shape index (κ2) is 6.04.